The molecule has 0 aliphatic carbocycles. The molecule has 1 atom stereocenters. The second kappa shape index (κ2) is 45.5. The van der Waals surface area contributed by atoms with Gasteiger partial charge in [0, 0.05) is 19.3 Å². The van der Waals surface area contributed by atoms with Crippen LogP contribution < -0.4 is 0 Å². The van der Waals surface area contributed by atoms with E-state index in [0.717, 1.165) is 63.7 Å². The van der Waals surface area contributed by atoms with Crippen molar-refractivity contribution in [1.29, 1.82) is 0 Å². The van der Waals surface area contributed by atoms with E-state index in [1.807, 2.05) is 0 Å². The van der Waals surface area contributed by atoms with Gasteiger partial charge in [0.2, 0.25) is 0 Å². The normalized spacial score (nSPS) is 11.9. The second-order valence-electron chi connectivity index (χ2n) is 17.9. The van der Waals surface area contributed by atoms with Gasteiger partial charge in [0.15, 0.2) is 6.10 Å². The number of unbranched alkanes of at least 4 members (excludes halogenated alkanes) is 33. The van der Waals surface area contributed by atoms with E-state index in [4.69, 9.17) is 14.2 Å². The zero-order chi connectivity index (χ0) is 41.7. The Morgan fingerprint density at radius 1 is 0.333 bits per heavy atom. The lowest BCUT2D eigenvalue weighted by Crippen LogP contribution is -2.30. The average Bonchev–Trinajstić information content (AvgIpc) is 3.19. The van der Waals surface area contributed by atoms with Crippen molar-refractivity contribution in [3.8, 4) is 0 Å². The fraction of sp³-hybridized carbons (Fsp3) is 0.941. The molecule has 57 heavy (non-hydrogen) atoms. The van der Waals surface area contributed by atoms with E-state index in [1.54, 1.807) is 0 Å². The van der Waals surface area contributed by atoms with Crippen LogP contribution in [0.5, 0.6) is 0 Å². The molecule has 0 fully saturated rings. The third kappa shape index (κ3) is 45.3. The molecule has 0 aromatic carbocycles. The van der Waals surface area contributed by atoms with Gasteiger partial charge < -0.3 is 14.2 Å². The van der Waals surface area contributed by atoms with Gasteiger partial charge in [-0.05, 0) is 25.2 Å². The van der Waals surface area contributed by atoms with Crippen LogP contribution in [0.15, 0.2) is 0 Å². The van der Waals surface area contributed by atoms with Crippen LogP contribution >= 0.6 is 0 Å². The quantitative estimate of drug-likeness (QED) is 0.0346. The second-order valence-corrected chi connectivity index (χ2v) is 17.9. The van der Waals surface area contributed by atoms with E-state index in [2.05, 4.69) is 27.7 Å². The Bertz CT molecular complexity index is 857. The van der Waals surface area contributed by atoms with Gasteiger partial charge in [-0.1, -0.05) is 246 Å². The molecule has 0 N–H and O–H groups in total. The summed E-state index contributed by atoms with van der Waals surface area (Å²) >= 11 is 0. The molecule has 0 amide bonds. The monoisotopic (exact) mass is 807 g/mol. The highest BCUT2D eigenvalue weighted by Gasteiger charge is 2.19. The summed E-state index contributed by atoms with van der Waals surface area (Å²) in [6, 6.07) is 0. The molecule has 0 unspecified atom stereocenters. The van der Waals surface area contributed by atoms with Gasteiger partial charge in [0.05, 0.1) is 0 Å². The van der Waals surface area contributed by atoms with Gasteiger partial charge >= 0.3 is 17.9 Å². The van der Waals surface area contributed by atoms with Crippen LogP contribution in [0.4, 0.5) is 0 Å². The third-order valence-corrected chi connectivity index (χ3v) is 11.5. The number of carbonyl (C=O) groups excluding carboxylic acids is 3. The van der Waals surface area contributed by atoms with Gasteiger partial charge in [-0.25, -0.2) is 0 Å². The maximum absolute atomic E-state index is 12.8. The van der Waals surface area contributed by atoms with E-state index < -0.39 is 6.10 Å². The van der Waals surface area contributed by atoms with E-state index in [9.17, 15) is 14.4 Å². The highest BCUT2D eigenvalue weighted by atomic mass is 16.6. The summed E-state index contributed by atoms with van der Waals surface area (Å²) in [5.41, 5.74) is 0. The number of carbonyl (C=O) groups is 3. The van der Waals surface area contributed by atoms with Crippen LogP contribution in [-0.4, -0.2) is 37.2 Å². The molecular formula is C51H98O6. The van der Waals surface area contributed by atoms with Crippen molar-refractivity contribution in [2.75, 3.05) is 13.2 Å². The first-order valence-electron chi connectivity index (χ1n) is 25.4. The summed E-state index contributed by atoms with van der Waals surface area (Å²) in [4.78, 5) is 37.9. The number of rotatable bonds is 46. The Morgan fingerprint density at radius 3 is 0.860 bits per heavy atom. The molecule has 6 nitrogen and oxygen atoms in total. The first-order valence-corrected chi connectivity index (χ1v) is 25.4. The fourth-order valence-corrected chi connectivity index (χ4v) is 7.69. The third-order valence-electron chi connectivity index (χ3n) is 11.5. The minimum Gasteiger partial charge on any atom is -0.462 e. The summed E-state index contributed by atoms with van der Waals surface area (Å²) in [5.74, 6) is -0.0387. The van der Waals surface area contributed by atoms with E-state index in [0.29, 0.717) is 19.3 Å². The fourth-order valence-electron chi connectivity index (χ4n) is 7.69. The molecule has 0 rings (SSSR count). The van der Waals surface area contributed by atoms with Crippen LogP contribution in [0.3, 0.4) is 0 Å². The molecule has 0 radical (unpaired) electrons. The molecule has 0 aliphatic rings. The number of hydrogen-bond acceptors (Lipinski definition) is 6. The minimum absolute atomic E-state index is 0.0632. The van der Waals surface area contributed by atoms with Crippen molar-refractivity contribution in [3.63, 3.8) is 0 Å². The first kappa shape index (κ1) is 55.4. The molecule has 338 valence electrons. The zero-order valence-electron chi connectivity index (χ0n) is 38.8. The van der Waals surface area contributed by atoms with Gasteiger partial charge in [-0.15, -0.1) is 0 Å². The van der Waals surface area contributed by atoms with Crippen LogP contribution in [-0.2, 0) is 28.6 Å². The van der Waals surface area contributed by atoms with Gasteiger partial charge in [0.25, 0.3) is 0 Å². The molecule has 0 bridgehead atoms. The topological polar surface area (TPSA) is 78.9 Å². The Morgan fingerprint density at radius 2 is 0.579 bits per heavy atom. The van der Waals surface area contributed by atoms with Crippen molar-refractivity contribution >= 4 is 17.9 Å². The molecule has 0 aromatic rings. The van der Waals surface area contributed by atoms with Crippen LogP contribution in [0.2, 0.25) is 0 Å². The zero-order valence-corrected chi connectivity index (χ0v) is 38.8. The van der Waals surface area contributed by atoms with Crippen molar-refractivity contribution in [3.05, 3.63) is 0 Å². The van der Waals surface area contributed by atoms with Crippen LogP contribution in [0, 0.1) is 5.92 Å². The standard InChI is InChI=1S/C51H98O6/c1-5-7-9-11-13-15-17-18-19-20-21-23-27-32-36-40-44-51(54)57-48(45-55-49(52)42-38-34-30-26-22-16-14-12-10-8-6-2)46-56-50(53)43-39-35-31-28-24-25-29-33-37-41-47(3)4/h47-48H,5-46H2,1-4H3/t48-/m1/s1. The Hall–Kier alpha value is -1.59. The van der Waals surface area contributed by atoms with Crippen molar-refractivity contribution < 1.29 is 28.6 Å². The summed E-state index contributed by atoms with van der Waals surface area (Å²) in [6.07, 6.45) is 46.6. The molecule has 0 aromatic heterocycles. The van der Waals surface area contributed by atoms with Crippen molar-refractivity contribution in [2.45, 2.75) is 291 Å². The number of hydrogen-bond donors (Lipinski definition) is 0. The van der Waals surface area contributed by atoms with Gasteiger partial charge in [-0.3, -0.25) is 14.4 Å². The van der Waals surface area contributed by atoms with Crippen LogP contribution in [0.1, 0.15) is 285 Å². The lowest BCUT2D eigenvalue weighted by Gasteiger charge is -2.18. The Balaban J connectivity index is 4.30. The lowest BCUT2D eigenvalue weighted by atomic mass is 10.0. The summed E-state index contributed by atoms with van der Waals surface area (Å²) < 4.78 is 16.8. The highest BCUT2D eigenvalue weighted by Crippen LogP contribution is 2.17. The summed E-state index contributed by atoms with van der Waals surface area (Å²) in [6.45, 7) is 9.00. The average molecular weight is 807 g/mol. The lowest BCUT2D eigenvalue weighted by molar-refractivity contribution is -0.167. The predicted molar refractivity (Wildman–Crippen MR) is 243 cm³/mol. The Labute approximate surface area is 355 Å². The smallest absolute Gasteiger partial charge is 0.306 e. The van der Waals surface area contributed by atoms with Crippen molar-refractivity contribution in [2.24, 2.45) is 5.92 Å². The maximum Gasteiger partial charge on any atom is 0.306 e. The SMILES string of the molecule is CCCCCCCCCCCCCCCCCCC(=O)O[C@H](COC(=O)CCCCCCCCCCCCC)COC(=O)CCCCCCCCCCCC(C)C. The number of esters is 3. The molecule has 0 aliphatic heterocycles. The van der Waals surface area contributed by atoms with E-state index in [-0.39, 0.29) is 31.1 Å². The molecule has 0 heterocycles. The van der Waals surface area contributed by atoms with Crippen molar-refractivity contribution in [1.82, 2.24) is 0 Å². The molecule has 0 saturated carbocycles. The molecular weight excluding hydrogens is 709 g/mol. The van der Waals surface area contributed by atoms with E-state index >= 15 is 0 Å². The maximum atomic E-state index is 12.8. The number of ether oxygens (including phenoxy) is 3. The van der Waals surface area contributed by atoms with Gasteiger partial charge in [0.1, 0.15) is 13.2 Å². The first-order chi connectivity index (χ1) is 27.9. The van der Waals surface area contributed by atoms with E-state index in [1.165, 1.54) is 180 Å². The van der Waals surface area contributed by atoms with Gasteiger partial charge in [-0.2, -0.15) is 0 Å². The molecule has 0 saturated heterocycles. The highest BCUT2D eigenvalue weighted by molar-refractivity contribution is 5.71. The summed E-state index contributed by atoms with van der Waals surface area (Å²) in [7, 11) is 0. The van der Waals surface area contributed by atoms with Crippen LogP contribution in [0.25, 0.3) is 0 Å². The Kier molecular flexibility index (Phi) is 44.2. The predicted octanol–water partition coefficient (Wildman–Crippen LogP) is 16.3. The summed E-state index contributed by atoms with van der Waals surface area (Å²) in [5, 5.41) is 0. The molecule has 6 heteroatoms. The largest absolute Gasteiger partial charge is 0.462 e. The minimum atomic E-state index is -0.760. The molecule has 0 spiro atoms.